The highest BCUT2D eigenvalue weighted by molar-refractivity contribution is 6.02. The van der Waals surface area contributed by atoms with E-state index in [2.05, 4.69) is 11.9 Å². The lowest BCUT2D eigenvalue weighted by atomic mass is 10.1. The Morgan fingerprint density at radius 3 is 2.34 bits per heavy atom. The third-order valence-corrected chi connectivity index (χ3v) is 5.20. The maximum atomic E-state index is 13.1. The number of nitrogens with zero attached hydrogens (tertiary/aromatic N) is 2. The summed E-state index contributed by atoms with van der Waals surface area (Å²) < 4.78 is 1.34. The third kappa shape index (κ3) is 3.45. The molecule has 0 atom stereocenters. The summed E-state index contributed by atoms with van der Waals surface area (Å²) in [7, 11) is 0. The number of aromatic nitrogens is 1. The van der Waals surface area contributed by atoms with Crippen molar-refractivity contribution in [3.8, 4) is 11.6 Å². The van der Waals surface area contributed by atoms with Crippen LogP contribution in [0.15, 0.2) is 76.5 Å². The van der Waals surface area contributed by atoms with Crippen LogP contribution in [-0.2, 0) is 0 Å². The fraction of sp³-hybridized carbons (Fsp3) is 0.120. The number of hydrogen-bond acceptors (Lipinski definition) is 3. The van der Waals surface area contributed by atoms with E-state index in [1.807, 2.05) is 74.5 Å². The van der Waals surface area contributed by atoms with Crippen LogP contribution in [-0.4, -0.2) is 15.9 Å². The highest BCUT2D eigenvalue weighted by atomic mass is 16.3. The first-order valence-corrected chi connectivity index (χ1v) is 9.51. The second kappa shape index (κ2) is 7.40. The first-order chi connectivity index (χ1) is 14.0. The first kappa shape index (κ1) is 18.7. The largest absolute Gasteiger partial charge is 0.494 e. The smallest absolute Gasteiger partial charge is 0.265 e. The molecule has 4 heteroatoms. The van der Waals surface area contributed by atoms with Gasteiger partial charge in [-0.2, -0.15) is 0 Å². The summed E-state index contributed by atoms with van der Waals surface area (Å²) in [6.45, 7) is 6.05. The topological polar surface area (TPSA) is 54.6 Å². The van der Waals surface area contributed by atoms with Crippen LogP contribution < -0.4 is 5.56 Å². The van der Waals surface area contributed by atoms with Crippen molar-refractivity contribution in [2.24, 2.45) is 4.99 Å². The molecule has 1 heterocycles. The van der Waals surface area contributed by atoms with Gasteiger partial charge < -0.3 is 5.11 Å². The quantitative estimate of drug-likeness (QED) is 0.484. The van der Waals surface area contributed by atoms with Crippen molar-refractivity contribution in [3.63, 3.8) is 0 Å². The molecule has 0 unspecified atom stereocenters. The molecule has 0 saturated carbocycles. The molecule has 0 saturated heterocycles. The van der Waals surface area contributed by atoms with Crippen molar-refractivity contribution in [1.82, 2.24) is 4.57 Å². The molecule has 4 aromatic rings. The Morgan fingerprint density at radius 2 is 1.62 bits per heavy atom. The predicted molar refractivity (Wildman–Crippen MR) is 119 cm³/mol. The van der Waals surface area contributed by atoms with Gasteiger partial charge in [-0.3, -0.25) is 9.79 Å². The molecule has 3 aromatic carbocycles. The van der Waals surface area contributed by atoms with Gasteiger partial charge in [0.15, 0.2) is 0 Å². The van der Waals surface area contributed by atoms with Gasteiger partial charge in [-0.25, -0.2) is 4.57 Å². The minimum absolute atomic E-state index is 0.119. The van der Waals surface area contributed by atoms with Crippen LogP contribution in [0.2, 0.25) is 0 Å². The maximum Gasteiger partial charge on any atom is 0.265 e. The molecule has 0 radical (unpaired) electrons. The number of benzene rings is 3. The van der Waals surface area contributed by atoms with Gasteiger partial charge in [-0.05, 0) is 67.8 Å². The van der Waals surface area contributed by atoms with E-state index < -0.39 is 0 Å². The molecule has 1 N–H and O–H groups in total. The number of rotatable bonds is 3. The van der Waals surface area contributed by atoms with E-state index in [0.717, 1.165) is 16.8 Å². The molecule has 0 aliphatic heterocycles. The normalized spacial score (nSPS) is 11.4. The lowest BCUT2D eigenvalue weighted by Gasteiger charge is -2.14. The van der Waals surface area contributed by atoms with Crippen LogP contribution in [0.5, 0.6) is 5.88 Å². The summed E-state index contributed by atoms with van der Waals surface area (Å²) in [5.74, 6) is -0.119. The van der Waals surface area contributed by atoms with E-state index in [4.69, 9.17) is 0 Å². The van der Waals surface area contributed by atoms with Gasteiger partial charge in [0, 0.05) is 17.0 Å². The summed E-state index contributed by atoms with van der Waals surface area (Å²) >= 11 is 0. The van der Waals surface area contributed by atoms with Crippen LogP contribution in [0.1, 0.15) is 22.3 Å². The van der Waals surface area contributed by atoms with Crippen LogP contribution in [0, 0.1) is 20.8 Å². The molecule has 0 spiro atoms. The van der Waals surface area contributed by atoms with Gasteiger partial charge in [-0.15, -0.1) is 0 Å². The summed E-state index contributed by atoms with van der Waals surface area (Å²) in [5, 5.41) is 12.3. The van der Waals surface area contributed by atoms with E-state index >= 15 is 0 Å². The average Bonchev–Trinajstić information content (AvgIpc) is 2.71. The highest BCUT2D eigenvalue weighted by Gasteiger charge is 2.16. The van der Waals surface area contributed by atoms with Crippen molar-refractivity contribution < 1.29 is 5.11 Å². The zero-order valence-electron chi connectivity index (χ0n) is 16.7. The molecule has 0 bridgehead atoms. The van der Waals surface area contributed by atoms with E-state index in [1.54, 1.807) is 12.3 Å². The number of aryl methyl sites for hydroxylation is 3. The van der Waals surface area contributed by atoms with Crippen molar-refractivity contribution in [3.05, 3.63) is 99.3 Å². The maximum absolute atomic E-state index is 13.1. The van der Waals surface area contributed by atoms with E-state index in [1.165, 1.54) is 10.1 Å². The van der Waals surface area contributed by atoms with Gasteiger partial charge >= 0.3 is 0 Å². The summed E-state index contributed by atoms with van der Waals surface area (Å²) in [4.78, 5) is 17.7. The van der Waals surface area contributed by atoms with Crippen molar-refractivity contribution in [2.45, 2.75) is 20.8 Å². The average molecular weight is 382 g/mol. The molecule has 0 amide bonds. The first-order valence-electron chi connectivity index (χ1n) is 9.51. The monoisotopic (exact) mass is 382 g/mol. The fourth-order valence-electron chi connectivity index (χ4n) is 3.44. The Kier molecular flexibility index (Phi) is 4.77. The summed E-state index contributed by atoms with van der Waals surface area (Å²) in [6, 6.07) is 20.8. The minimum Gasteiger partial charge on any atom is -0.494 e. The summed E-state index contributed by atoms with van der Waals surface area (Å²) in [6.07, 6.45) is 1.63. The lowest BCUT2D eigenvalue weighted by Crippen LogP contribution is -2.20. The molecule has 4 nitrogen and oxygen atoms in total. The Labute approximate surface area is 169 Å². The van der Waals surface area contributed by atoms with Crippen LogP contribution >= 0.6 is 0 Å². The Balaban J connectivity index is 1.97. The van der Waals surface area contributed by atoms with Gasteiger partial charge in [0.05, 0.1) is 16.9 Å². The molecule has 144 valence electrons. The molecule has 0 fully saturated rings. The second-order valence-corrected chi connectivity index (χ2v) is 7.29. The van der Waals surface area contributed by atoms with Gasteiger partial charge in [0.25, 0.3) is 5.56 Å². The van der Waals surface area contributed by atoms with Crippen molar-refractivity contribution in [2.75, 3.05) is 0 Å². The zero-order chi connectivity index (χ0) is 20.5. The third-order valence-electron chi connectivity index (χ3n) is 5.20. The van der Waals surface area contributed by atoms with E-state index in [0.29, 0.717) is 22.0 Å². The predicted octanol–water partition coefficient (Wildman–Crippen LogP) is 5.37. The molecule has 29 heavy (non-hydrogen) atoms. The zero-order valence-corrected chi connectivity index (χ0v) is 16.7. The van der Waals surface area contributed by atoms with Crippen LogP contribution in [0.25, 0.3) is 16.5 Å². The Bertz CT molecular complexity index is 1320. The van der Waals surface area contributed by atoms with Gasteiger partial charge in [-0.1, -0.05) is 36.4 Å². The van der Waals surface area contributed by atoms with Crippen LogP contribution in [0.3, 0.4) is 0 Å². The Morgan fingerprint density at radius 1 is 0.862 bits per heavy atom. The molecule has 1 aromatic heterocycles. The highest BCUT2D eigenvalue weighted by Crippen LogP contribution is 2.27. The van der Waals surface area contributed by atoms with Gasteiger partial charge in [0.2, 0.25) is 5.88 Å². The molecule has 4 rings (SSSR count). The molecule has 0 aliphatic carbocycles. The summed E-state index contributed by atoms with van der Waals surface area (Å²) in [5.41, 5.74) is 5.03. The van der Waals surface area contributed by atoms with Gasteiger partial charge in [0.1, 0.15) is 0 Å². The van der Waals surface area contributed by atoms with E-state index in [-0.39, 0.29) is 11.4 Å². The van der Waals surface area contributed by atoms with Crippen molar-refractivity contribution >= 4 is 22.7 Å². The number of aliphatic imine (C=N–C) groups is 1. The molecular weight excluding hydrogens is 360 g/mol. The molecular formula is C25H22N2O2. The fourth-order valence-corrected chi connectivity index (χ4v) is 3.44. The molecule has 0 aliphatic rings. The SMILES string of the molecule is Cc1cccc(-n2c(O)c(C=Nc3ccc(C)c(C)c3)c3ccccc3c2=O)c1. The number of fused-ring (bicyclic) bond motifs is 1. The minimum atomic E-state index is -0.257. The van der Waals surface area contributed by atoms with Crippen molar-refractivity contribution in [1.29, 1.82) is 0 Å². The number of aromatic hydroxyl groups is 1. The standard InChI is InChI=1S/C25H22N2O2/c1-16-7-6-8-20(13-16)27-24(28)22-10-5-4-9-21(22)23(25(27)29)15-26-19-12-11-17(2)18(3)14-19/h4-15,29H,1-3H3. The van der Waals surface area contributed by atoms with E-state index in [9.17, 15) is 9.90 Å². The second-order valence-electron chi connectivity index (χ2n) is 7.29. The number of pyridine rings is 1. The Hall–Kier alpha value is -3.66. The lowest BCUT2D eigenvalue weighted by molar-refractivity contribution is 0.436. The number of hydrogen-bond donors (Lipinski definition) is 1. The van der Waals surface area contributed by atoms with Crippen LogP contribution in [0.4, 0.5) is 5.69 Å².